The van der Waals surface area contributed by atoms with Crippen molar-refractivity contribution in [1.82, 2.24) is 14.5 Å². The summed E-state index contributed by atoms with van der Waals surface area (Å²) >= 11 is 0. The molecule has 0 radical (unpaired) electrons. The summed E-state index contributed by atoms with van der Waals surface area (Å²) < 4.78 is 7.40. The van der Waals surface area contributed by atoms with Crippen LogP contribution in [0.25, 0.3) is 4.85 Å². The molecule has 1 amide bonds. The molecule has 1 aromatic heterocycles. The molecule has 3 N–H and O–H groups in total. The number of ether oxygens (including phenoxy) is 1. The number of amides is 1. The summed E-state index contributed by atoms with van der Waals surface area (Å²) in [7, 11) is 0. The highest BCUT2D eigenvalue weighted by Crippen LogP contribution is 2.29. The van der Waals surface area contributed by atoms with E-state index in [0.717, 1.165) is 49.4 Å². The number of likely N-dealkylation sites (tertiary alicyclic amines) is 1. The second-order valence-corrected chi connectivity index (χ2v) is 8.95. The van der Waals surface area contributed by atoms with Gasteiger partial charge in [-0.2, -0.15) is 0 Å². The lowest BCUT2D eigenvalue weighted by molar-refractivity contribution is 0.0902. The van der Waals surface area contributed by atoms with Crippen molar-refractivity contribution in [2.75, 3.05) is 25.0 Å². The van der Waals surface area contributed by atoms with Gasteiger partial charge in [0.25, 0.3) is 0 Å². The van der Waals surface area contributed by atoms with E-state index in [-0.39, 0.29) is 12.1 Å². The minimum Gasteiger partial charge on any atom is -0.447 e. The summed E-state index contributed by atoms with van der Waals surface area (Å²) in [6.45, 7) is 12.6. The fraction of sp³-hybridized carbons (Fsp3) is 0.346. The van der Waals surface area contributed by atoms with Gasteiger partial charge in [-0.25, -0.2) is 14.6 Å². The quantitative estimate of drug-likeness (QED) is 0.491. The predicted octanol–water partition coefficient (Wildman–Crippen LogP) is 4.33. The van der Waals surface area contributed by atoms with Crippen molar-refractivity contribution in [3.63, 3.8) is 0 Å². The summed E-state index contributed by atoms with van der Waals surface area (Å²) in [5, 5.41) is 3.63. The van der Waals surface area contributed by atoms with Crippen molar-refractivity contribution in [1.29, 1.82) is 0 Å². The van der Waals surface area contributed by atoms with Crippen molar-refractivity contribution in [2.45, 2.75) is 38.4 Å². The molecule has 8 nitrogen and oxygen atoms in total. The average molecular weight is 459 g/mol. The van der Waals surface area contributed by atoms with Gasteiger partial charge in [-0.1, -0.05) is 36.4 Å². The Labute approximate surface area is 200 Å². The number of primary amides is 1. The van der Waals surface area contributed by atoms with Crippen LogP contribution in [-0.4, -0.2) is 45.8 Å². The van der Waals surface area contributed by atoms with Crippen LogP contribution in [0.3, 0.4) is 0 Å². The Morgan fingerprint density at radius 2 is 1.97 bits per heavy atom. The Morgan fingerprint density at radius 1 is 1.21 bits per heavy atom. The Bertz CT molecular complexity index is 1160. The third-order valence-corrected chi connectivity index (χ3v) is 6.33. The maximum Gasteiger partial charge on any atom is 0.404 e. The lowest BCUT2D eigenvalue weighted by atomic mass is 9.87. The molecular formula is C26H30N6O2. The Kier molecular flexibility index (Phi) is 7.14. The predicted molar refractivity (Wildman–Crippen MR) is 132 cm³/mol. The number of carbonyl (C=O) groups is 1. The molecule has 2 aromatic carbocycles. The number of nitrogens with zero attached hydrogens (tertiary/aromatic N) is 4. The molecule has 0 unspecified atom stereocenters. The van der Waals surface area contributed by atoms with Gasteiger partial charge in [-0.05, 0) is 43.0 Å². The molecular weight excluding hydrogens is 428 g/mol. The molecule has 0 saturated carbocycles. The van der Waals surface area contributed by atoms with E-state index < -0.39 is 6.09 Å². The van der Waals surface area contributed by atoms with Crippen LogP contribution in [0.15, 0.2) is 61.1 Å². The van der Waals surface area contributed by atoms with Crippen LogP contribution in [0, 0.1) is 13.5 Å². The Morgan fingerprint density at radius 3 is 2.65 bits per heavy atom. The second-order valence-electron chi connectivity index (χ2n) is 8.95. The SMILES string of the molecule is [C-]#[N+]c1ccc(Cn2cncc2CN2CCC(COC(N)=O)(Nc3cccc(C)c3)CC2)cc1. The average Bonchev–Trinajstić information content (AvgIpc) is 3.26. The fourth-order valence-electron chi connectivity index (χ4n) is 4.41. The first-order valence-corrected chi connectivity index (χ1v) is 11.4. The summed E-state index contributed by atoms with van der Waals surface area (Å²) in [6, 6.07) is 15.9. The van der Waals surface area contributed by atoms with Gasteiger partial charge in [0, 0.05) is 38.1 Å². The van der Waals surface area contributed by atoms with E-state index in [9.17, 15) is 4.79 Å². The summed E-state index contributed by atoms with van der Waals surface area (Å²) in [5.41, 5.74) is 10.0. The van der Waals surface area contributed by atoms with E-state index in [2.05, 4.69) is 43.7 Å². The highest BCUT2D eigenvalue weighted by Gasteiger charge is 2.36. The number of hydrogen-bond acceptors (Lipinski definition) is 5. The third kappa shape index (κ3) is 5.94. The smallest absolute Gasteiger partial charge is 0.404 e. The van der Waals surface area contributed by atoms with Crippen LogP contribution in [0.5, 0.6) is 0 Å². The molecule has 1 aliphatic rings. The van der Waals surface area contributed by atoms with Crippen LogP contribution in [0.2, 0.25) is 0 Å². The zero-order chi connectivity index (χ0) is 24.0. The molecule has 2 heterocycles. The first-order chi connectivity index (χ1) is 16.4. The van der Waals surface area contributed by atoms with Gasteiger partial charge in [0.2, 0.25) is 0 Å². The number of piperidine rings is 1. The lowest BCUT2D eigenvalue weighted by Crippen LogP contribution is -2.52. The van der Waals surface area contributed by atoms with E-state index in [4.69, 9.17) is 17.0 Å². The number of aromatic nitrogens is 2. The summed E-state index contributed by atoms with van der Waals surface area (Å²) in [4.78, 5) is 21.5. The van der Waals surface area contributed by atoms with Gasteiger partial charge in [0.1, 0.15) is 6.61 Å². The van der Waals surface area contributed by atoms with Gasteiger partial charge in [0.05, 0.1) is 24.1 Å². The van der Waals surface area contributed by atoms with Crippen molar-refractivity contribution >= 4 is 17.5 Å². The van der Waals surface area contributed by atoms with Crippen LogP contribution < -0.4 is 11.1 Å². The number of imidazole rings is 1. The maximum atomic E-state index is 11.3. The zero-order valence-electron chi connectivity index (χ0n) is 19.4. The molecule has 3 aromatic rings. The first-order valence-electron chi connectivity index (χ1n) is 11.4. The minimum atomic E-state index is -0.749. The number of anilines is 1. The monoisotopic (exact) mass is 458 g/mol. The number of carbonyl (C=O) groups excluding carboxylic acids is 1. The molecule has 4 rings (SSSR count). The van der Waals surface area contributed by atoms with Gasteiger partial charge in [-0.3, -0.25) is 4.90 Å². The van der Waals surface area contributed by atoms with Crippen molar-refractivity contribution < 1.29 is 9.53 Å². The van der Waals surface area contributed by atoms with Crippen molar-refractivity contribution in [3.05, 3.63) is 89.3 Å². The number of aryl methyl sites for hydroxylation is 1. The van der Waals surface area contributed by atoms with E-state index in [1.54, 1.807) is 0 Å². The van der Waals surface area contributed by atoms with Crippen LogP contribution >= 0.6 is 0 Å². The highest BCUT2D eigenvalue weighted by atomic mass is 16.5. The zero-order valence-corrected chi connectivity index (χ0v) is 19.4. The number of nitrogens with two attached hydrogens (primary N) is 1. The largest absolute Gasteiger partial charge is 0.447 e. The standard InChI is InChI=1S/C26H30N6O2/c1-20-4-3-5-23(14-20)30-26(18-34-25(27)33)10-12-31(13-11-26)17-24-15-29-19-32(24)16-21-6-8-22(28-2)9-7-21/h3-9,14-15,19,30H,10-13,16-18H2,1H3,(H2,27,33). The van der Waals surface area contributed by atoms with Crippen LogP contribution in [-0.2, 0) is 17.8 Å². The van der Waals surface area contributed by atoms with Crippen LogP contribution in [0.1, 0.15) is 29.7 Å². The Hall–Kier alpha value is -3.83. The molecule has 1 aliphatic heterocycles. The molecule has 0 bridgehead atoms. The molecule has 0 aliphatic carbocycles. The van der Waals surface area contributed by atoms with Crippen molar-refractivity contribution in [2.24, 2.45) is 5.73 Å². The van der Waals surface area contributed by atoms with Gasteiger partial charge in [-0.15, -0.1) is 0 Å². The van der Waals surface area contributed by atoms with E-state index in [1.807, 2.05) is 48.9 Å². The number of rotatable bonds is 8. The number of benzene rings is 2. The molecule has 1 saturated heterocycles. The van der Waals surface area contributed by atoms with Gasteiger partial charge < -0.3 is 20.4 Å². The third-order valence-electron chi connectivity index (χ3n) is 6.33. The molecule has 0 atom stereocenters. The van der Waals surface area contributed by atoms with E-state index in [1.165, 1.54) is 5.56 Å². The van der Waals surface area contributed by atoms with E-state index in [0.29, 0.717) is 12.2 Å². The molecule has 1 fully saturated rings. The normalized spacial score (nSPS) is 15.4. The topological polar surface area (TPSA) is 89.8 Å². The van der Waals surface area contributed by atoms with Crippen molar-refractivity contribution in [3.8, 4) is 0 Å². The number of hydrogen-bond donors (Lipinski definition) is 2. The molecule has 176 valence electrons. The minimum absolute atomic E-state index is 0.239. The lowest BCUT2D eigenvalue weighted by Gasteiger charge is -2.42. The fourth-order valence-corrected chi connectivity index (χ4v) is 4.41. The second kappa shape index (κ2) is 10.4. The molecule has 0 spiro atoms. The highest BCUT2D eigenvalue weighted by molar-refractivity contribution is 5.64. The number of nitrogens with one attached hydrogen (secondary N) is 1. The van der Waals surface area contributed by atoms with E-state index >= 15 is 0 Å². The van der Waals surface area contributed by atoms with Crippen LogP contribution in [0.4, 0.5) is 16.2 Å². The first kappa shape index (κ1) is 23.3. The molecule has 34 heavy (non-hydrogen) atoms. The summed E-state index contributed by atoms with van der Waals surface area (Å²) in [6.07, 6.45) is 4.66. The summed E-state index contributed by atoms with van der Waals surface area (Å²) in [5.74, 6) is 0. The Balaban J connectivity index is 1.40. The maximum absolute atomic E-state index is 11.3. The van der Waals surface area contributed by atoms with Gasteiger partial charge >= 0.3 is 6.09 Å². The molecule has 8 heteroatoms. The van der Waals surface area contributed by atoms with Gasteiger partial charge in [0.15, 0.2) is 5.69 Å².